The lowest BCUT2D eigenvalue weighted by Gasteiger charge is -2.12. The third-order valence-corrected chi connectivity index (χ3v) is 4.64. The van der Waals surface area contributed by atoms with Gasteiger partial charge in [0, 0.05) is 12.6 Å². The molecule has 1 aromatic carbocycles. The average molecular weight is 306 g/mol. The molecule has 2 aromatic heterocycles. The van der Waals surface area contributed by atoms with Gasteiger partial charge in [0.15, 0.2) is 5.65 Å². The first kappa shape index (κ1) is 14.4. The second kappa shape index (κ2) is 6.13. The number of pyridine rings is 1. The van der Waals surface area contributed by atoms with E-state index in [0.717, 1.165) is 43.0 Å². The Labute approximate surface area is 136 Å². The Balaban J connectivity index is 1.72. The van der Waals surface area contributed by atoms with E-state index in [-0.39, 0.29) is 0 Å². The largest absolute Gasteiger partial charge is 0.316 e. The van der Waals surface area contributed by atoms with Crippen molar-refractivity contribution < 1.29 is 0 Å². The lowest BCUT2D eigenvalue weighted by molar-refractivity contribution is 0.545. The Morgan fingerprint density at radius 3 is 3.04 bits per heavy atom. The molecule has 0 amide bonds. The van der Waals surface area contributed by atoms with Gasteiger partial charge in [-0.3, -0.25) is 0 Å². The number of nitrogens with one attached hydrogen (secondary N) is 1. The van der Waals surface area contributed by atoms with E-state index in [4.69, 9.17) is 4.98 Å². The molecule has 118 valence electrons. The van der Waals surface area contributed by atoms with Crippen LogP contribution in [0.1, 0.15) is 23.4 Å². The van der Waals surface area contributed by atoms with E-state index in [9.17, 15) is 0 Å². The number of aromatic nitrogens is 3. The standard InChI is InChI=1S/C19H22N4/c1-14-4-2-5-16(10-14)13-23-18(11-15-7-9-20-12-15)22-17-6-3-8-21-19(17)23/h2-6,8,10,15,20H,7,9,11-13H2,1H3. The first-order chi connectivity index (χ1) is 11.3. The number of rotatable bonds is 4. The van der Waals surface area contributed by atoms with Gasteiger partial charge in [-0.15, -0.1) is 0 Å². The SMILES string of the molecule is Cc1cccc(Cn2c(CC3CCNC3)nc3cccnc32)c1. The Kier molecular flexibility index (Phi) is 3.83. The van der Waals surface area contributed by atoms with Gasteiger partial charge in [-0.2, -0.15) is 0 Å². The minimum atomic E-state index is 0.683. The van der Waals surface area contributed by atoms with E-state index < -0.39 is 0 Å². The minimum Gasteiger partial charge on any atom is -0.316 e. The van der Waals surface area contributed by atoms with Crippen LogP contribution in [0.25, 0.3) is 11.2 Å². The lowest BCUT2D eigenvalue weighted by atomic mass is 10.0. The van der Waals surface area contributed by atoms with Gasteiger partial charge >= 0.3 is 0 Å². The fraction of sp³-hybridized carbons (Fsp3) is 0.368. The highest BCUT2D eigenvalue weighted by Crippen LogP contribution is 2.21. The van der Waals surface area contributed by atoms with Crippen molar-refractivity contribution in [2.75, 3.05) is 13.1 Å². The van der Waals surface area contributed by atoms with Gasteiger partial charge in [0.05, 0.1) is 6.54 Å². The molecular weight excluding hydrogens is 284 g/mol. The zero-order valence-electron chi connectivity index (χ0n) is 13.5. The normalized spacial score (nSPS) is 17.9. The molecule has 0 spiro atoms. The summed E-state index contributed by atoms with van der Waals surface area (Å²) < 4.78 is 2.29. The monoisotopic (exact) mass is 306 g/mol. The summed E-state index contributed by atoms with van der Waals surface area (Å²) in [5, 5.41) is 3.45. The molecule has 4 rings (SSSR count). The Morgan fingerprint density at radius 2 is 2.22 bits per heavy atom. The van der Waals surface area contributed by atoms with E-state index in [0.29, 0.717) is 5.92 Å². The summed E-state index contributed by atoms with van der Waals surface area (Å²) in [5.74, 6) is 1.84. The van der Waals surface area contributed by atoms with Gasteiger partial charge in [0.2, 0.25) is 0 Å². The van der Waals surface area contributed by atoms with Gasteiger partial charge in [-0.25, -0.2) is 9.97 Å². The molecule has 1 unspecified atom stereocenters. The summed E-state index contributed by atoms with van der Waals surface area (Å²) in [5.41, 5.74) is 4.60. The molecule has 1 N–H and O–H groups in total. The van der Waals surface area contributed by atoms with Gasteiger partial charge in [-0.05, 0) is 50.0 Å². The topological polar surface area (TPSA) is 42.7 Å². The number of imidazole rings is 1. The van der Waals surface area contributed by atoms with Gasteiger partial charge in [0.25, 0.3) is 0 Å². The van der Waals surface area contributed by atoms with E-state index >= 15 is 0 Å². The number of benzene rings is 1. The van der Waals surface area contributed by atoms with Crippen LogP contribution in [0.5, 0.6) is 0 Å². The molecule has 4 nitrogen and oxygen atoms in total. The van der Waals surface area contributed by atoms with Gasteiger partial charge in [-0.1, -0.05) is 29.8 Å². The molecule has 1 aliphatic heterocycles. The third kappa shape index (κ3) is 2.99. The molecule has 1 fully saturated rings. The number of fused-ring (bicyclic) bond motifs is 1. The Hall–Kier alpha value is -2.20. The summed E-state index contributed by atoms with van der Waals surface area (Å²) >= 11 is 0. The van der Waals surface area contributed by atoms with Crippen LogP contribution in [-0.4, -0.2) is 27.6 Å². The molecule has 0 aliphatic carbocycles. The highest BCUT2D eigenvalue weighted by molar-refractivity contribution is 5.71. The molecular formula is C19H22N4. The summed E-state index contributed by atoms with van der Waals surface area (Å²) in [6.45, 7) is 5.20. The number of hydrogen-bond donors (Lipinski definition) is 1. The van der Waals surface area contributed by atoms with E-state index in [1.165, 1.54) is 17.5 Å². The summed E-state index contributed by atoms with van der Waals surface area (Å²) in [6, 6.07) is 12.7. The maximum absolute atomic E-state index is 4.87. The smallest absolute Gasteiger partial charge is 0.160 e. The molecule has 0 bridgehead atoms. The van der Waals surface area contributed by atoms with E-state index in [2.05, 4.69) is 52.1 Å². The van der Waals surface area contributed by atoms with Crippen molar-refractivity contribution >= 4 is 11.2 Å². The van der Waals surface area contributed by atoms with Crippen LogP contribution in [0, 0.1) is 12.8 Å². The number of hydrogen-bond acceptors (Lipinski definition) is 3. The van der Waals surface area contributed by atoms with E-state index in [1.807, 2.05) is 12.3 Å². The van der Waals surface area contributed by atoms with Gasteiger partial charge < -0.3 is 9.88 Å². The van der Waals surface area contributed by atoms with Crippen LogP contribution in [-0.2, 0) is 13.0 Å². The van der Waals surface area contributed by atoms with Crippen LogP contribution in [0.4, 0.5) is 0 Å². The molecule has 0 saturated carbocycles. The Morgan fingerprint density at radius 1 is 1.26 bits per heavy atom. The molecule has 1 aliphatic rings. The predicted octanol–water partition coefficient (Wildman–Crippen LogP) is 2.94. The quantitative estimate of drug-likeness (QED) is 0.806. The summed E-state index contributed by atoms with van der Waals surface area (Å²) in [6.07, 6.45) is 4.12. The second-order valence-electron chi connectivity index (χ2n) is 6.51. The zero-order chi connectivity index (χ0) is 15.6. The van der Waals surface area contributed by atoms with Crippen molar-refractivity contribution in [2.45, 2.75) is 26.3 Å². The van der Waals surface area contributed by atoms with E-state index in [1.54, 1.807) is 0 Å². The number of nitrogens with zero attached hydrogens (tertiary/aromatic N) is 3. The summed E-state index contributed by atoms with van der Waals surface area (Å²) in [7, 11) is 0. The first-order valence-corrected chi connectivity index (χ1v) is 8.36. The molecule has 3 aromatic rings. The summed E-state index contributed by atoms with van der Waals surface area (Å²) in [4.78, 5) is 9.45. The fourth-order valence-electron chi connectivity index (χ4n) is 3.47. The average Bonchev–Trinajstić information content (AvgIpc) is 3.17. The molecule has 4 heteroatoms. The van der Waals surface area contributed by atoms with Crippen molar-refractivity contribution in [3.63, 3.8) is 0 Å². The van der Waals surface area contributed by atoms with Crippen LogP contribution >= 0.6 is 0 Å². The first-order valence-electron chi connectivity index (χ1n) is 8.36. The van der Waals surface area contributed by atoms with Crippen molar-refractivity contribution in [1.82, 2.24) is 19.9 Å². The maximum atomic E-state index is 4.87. The lowest BCUT2D eigenvalue weighted by Crippen LogP contribution is -2.14. The highest BCUT2D eigenvalue weighted by Gasteiger charge is 2.20. The van der Waals surface area contributed by atoms with Crippen molar-refractivity contribution in [3.8, 4) is 0 Å². The van der Waals surface area contributed by atoms with Gasteiger partial charge in [0.1, 0.15) is 11.3 Å². The minimum absolute atomic E-state index is 0.683. The number of aryl methyl sites for hydroxylation is 1. The predicted molar refractivity (Wildman–Crippen MR) is 92.5 cm³/mol. The van der Waals surface area contributed by atoms with Crippen molar-refractivity contribution in [1.29, 1.82) is 0 Å². The highest BCUT2D eigenvalue weighted by atomic mass is 15.1. The molecule has 3 heterocycles. The van der Waals surface area contributed by atoms with Crippen LogP contribution in [0.3, 0.4) is 0 Å². The van der Waals surface area contributed by atoms with Crippen LogP contribution < -0.4 is 5.32 Å². The van der Waals surface area contributed by atoms with Crippen LogP contribution in [0.2, 0.25) is 0 Å². The third-order valence-electron chi connectivity index (χ3n) is 4.64. The Bertz CT molecular complexity index is 815. The van der Waals surface area contributed by atoms with Crippen molar-refractivity contribution in [3.05, 3.63) is 59.5 Å². The maximum Gasteiger partial charge on any atom is 0.160 e. The fourth-order valence-corrected chi connectivity index (χ4v) is 3.47. The second-order valence-corrected chi connectivity index (χ2v) is 6.51. The molecule has 1 atom stereocenters. The van der Waals surface area contributed by atoms with Crippen molar-refractivity contribution in [2.24, 2.45) is 5.92 Å². The molecule has 0 radical (unpaired) electrons. The molecule has 1 saturated heterocycles. The molecule has 23 heavy (non-hydrogen) atoms. The zero-order valence-corrected chi connectivity index (χ0v) is 13.5. The van der Waals surface area contributed by atoms with Crippen LogP contribution in [0.15, 0.2) is 42.6 Å².